The van der Waals surface area contributed by atoms with Crippen molar-refractivity contribution in [2.24, 2.45) is 5.92 Å². The van der Waals surface area contributed by atoms with E-state index in [1.807, 2.05) is 11.0 Å². The minimum atomic E-state index is -3.54. The van der Waals surface area contributed by atoms with Crippen molar-refractivity contribution in [1.82, 2.24) is 18.8 Å². The Balaban J connectivity index is 1.43. The molecule has 0 radical (unpaired) electrons. The molecular weight excluding hydrogens is 472 g/mol. The summed E-state index contributed by atoms with van der Waals surface area (Å²) in [7, 11) is -3.54. The summed E-state index contributed by atoms with van der Waals surface area (Å²) in [5.41, 5.74) is 1.65. The molecule has 1 amide bonds. The number of thioether (sulfide) groups is 1. The van der Waals surface area contributed by atoms with Crippen LogP contribution in [0.4, 0.5) is 0 Å². The van der Waals surface area contributed by atoms with E-state index in [9.17, 15) is 13.2 Å². The van der Waals surface area contributed by atoms with Gasteiger partial charge in [-0.25, -0.2) is 13.4 Å². The molecule has 2 aromatic rings. The summed E-state index contributed by atoms with van der Waals surface area (Å²) < 4.78 is 35.9. The molecule has 1 atom stereocenters. The number of carbonyl (C=O) groups excluding carboxylic acids is 1. The second-order valence-electron chi connectivity index (χ2n) is 9.75. The Kier molecular flexibility index (Phi) is 7.20. The first-order chi connectivity index (χ1) is 16.4. The number of imidazole rings is 1. The molecule has 2 saturated heterocycles. The van der Waals surface area contributed by atoms with Crippen molar-refractivity contribution in [2.75, 3.05) is 45.1 Å². The zero-order chi connectivity index (χ0) is 23.7. The summed E-state index contributed by atoms with van der Waals surface area (Å²) in [6, 6.07) is 5.71. The monoisotopic (exact) mass is 506 g/mol. The Labute approximate surface area is 206 Å². The first kappa shape index (κ1) is 24.1. The Morgan fingerprint density at radius 1 is 1.12 bits per heavy atom. The highest BCUT2D eigenvalue weighted by Crippen LogP contribution is 2.37. The van der Waals surface area contributed by atoms with Gasteiger partial charge < -0.3 is 14.2 Å². The third-order valence-corrected chi connectivity index (χ3v) is 10.1. The second-order valence-corrected chi connectivity index (χ2v) is 12.6. The molecule has 34 heavy (non-hydrogen) atoms. The highest BCUT2D eigenvalue weighted by atomic mass is 32.2. The number of rotatable bonds is 6. The minimum Gasteiger partial charge on any atom is -0.378 e. The van der Waals surface area contributed by atoms with E-state index in [0.29, 0.717) is 67.5 Å². The van der Waals surface area contributed by atoms with Gasteiger partial charge in [0.2, 0.25) is 15.9 Å². The predicted octanol–water partition coefficient (Wildman–Crippen LogP) is 3.52. The van der Waals surface area contributed by atoms with Crippen LogP contribution in [0.3, 0.4) is 0 Å². The fourth-order valence-electron chi connectivity index (χ4n) is 5.38. The number of fused-ring (bicyclic) bond motifs is 1. The molecule has 8 nitrogen and oxygen atoms in total. The first-order valence-electron chi connectivity index (χ1n) is 12.4. The number of sulfonamides is 1. The number of benzene rings is 1. The van der Waals surface area contributed by atoms with Gasteiger partial charge in [-0.2, -0.15) is 4.31 Å². The molecule has 1 aromatic heterocycles. The highest BCUT2D eigenvalue weighted by molar-refractivity contribution is 7.99. The van der Waals surface area contributed by atoms with Crippen LogP contribution in [0, 0.1) is 5.92 Å². The van der Waals surface area contributed by atoms with Gasteiger partial charge in [-0.05, 0) is 49.8 Å². The van der Waals surface area contributed by atoms with Crippen LogP contribution in [0.2, 0.25) is 0 Å². The molecule has 2 aliphatic heterocycles. The van der Waals surface area contributed by atoms with Gasteiger partial charge in [-0.1, -0.05) is 31.5 Å². The van der Waals surface area contributed by atoms with Crippen LogP contribution in [-0.4, -0.2) is 78.2 Å². The summed E-state index contributed by atoms with van der Waals surface area (Å²) in [6.45, 7) is 5.70. The third-order valence-electron chi connectivity index (χ3n) is 7.26. The van der Waals surface area contributed by atoms with Gasteiger partial charge in [0.1, 0.15) is 0 Å². The highest BCUT2D eigenvalue weighted by Gasteiger charge is 2.30. The fraction of sp³-hybridized carbons (Fsp3) is 0.667. The molecule has 0 bridgehead atoms. The van der Waals surface area contributed by atoms with Crippen molar-refractivity contribution in [3.63, 3.8) is 0 Å². The van der Waals surface area contributed by atoms with Crippen molar-refractivity contribution < 1.29 is 17.9 Å². The average Bonchev–Trinajstić information content (AvgIpc) is 3.50. The van der Waals surface area contributed by atoms with Crippen LogP contribution >= 0.6 is 11.8 Å². The number of amides is 1. The molecule has 10 heteroatoms. The predicted molar refractivity (Wildman–Crippen MR) is 133 cm³/mol. The van der Waals surface area contributed by atoms with Crippen molar-refractivity contribution in [2.45, 2.75) is 61.5 Å². The smallest absolute Gasteiger partial charge is 0.243 e. The number of hydrogen-bond donors (Lipinski definition) is 0. The lowest BCUT2D eigenvalue weighted by Crippen LogP contribution is -2.41. The maximum absolute atomic E-state index is 13.3. The largest absolute Gasteiger partial charge is 0.378 e. The van der Waals surface area contributed by atoms with E-state index < -0.39 is 10.0 Å². The molecule has 1 unspecified atom stereocenters. The van der Waals surface area contributed by atoms with Crippen molar-refractivity contribution in [1.29, 1.82) is 0 Å². The second kappa shape index (κ2) is 10.2. The Morgan fingerprint density at radius 2 is 1.88 bits per heavy atom. The standard InChI is InChI=1S/C24H34N4O4S2/c1-18-5-4-10-27(16-18)34(30,31)20-8-9-22-21(15-20)25-24(28(22)19-6-2-3-7-19)33-17-23(29)26-11-13-32-14-12-26/h8-9,15,18-19H,2-7,10-14,16-17H2,1H3. The summed E-state index contributed by atoms with van der Waals surface area (Å²) in [4.78, 5) is 19.8. The van der Waals surface area contributed by atoms with E-state index >= 15 is 0 Å². The van der Waals surface area contributed by atoms with E-state index in [2.05, 4.69) is 11.5 Å². The van der Waals surface area contributed by atoms with E-state index in [1.165, 1.54) is 24.6 Å². The maximum atomic E-state index is 13.3. The topological polar surface area (TPSA) is 84.7 Å². The van der Waals surface area contributed by atoms with Crippen molar-refractivity contribution >= 4 is 38.7 Å². The lowest BCUT2D eigenvalue weighted by Gasteiger charge is -2.30. The molecule has 1 aromatic carbocycles. The van der Waals surface area contributed by atoms with Gasteiger partial charge in [-0.3, -0.25) is 4.79 Å². The van der Waals surface area contributed by atoms with Crippen molar-refractivity contribution in [3.8, 4) is 0 Å². The van der Waals surface area contributed by atoms with Crippen LogP contribution in [-0.2, 0) is 19.6 Å². The summed E-state index contributed by atoms with van der Waals surface area (Å²) >= 11 is 1.46. The molecule has 1 saturated carbocycles. The summed E-state index contributed by atoms with van der Waals surface area (Å²) in [6.07, 6.45) is 6.50. The summed E-state index contributed by atoms with van der Waals surface area (Å²) in [5.74, 6) is 0.800. The van der Waals surface area contributed by atoms with Crippen molar-refractivity contribution in [3.05, 3.63) is 18.2 Å². The van der Waals surface area contributed by atoms with E-state index in [4.69, 9.17) is 9.72 Å². The lowest BCUT2D eigenvalue weighted by atomic mass is 10.0. The van der Waals surface area contributed by atoms with Crippen LogP contribution in [0.25, 0.3) is 11.0 Å². The molecule has 5 rings (SSSR count). The van der Waals surface area contributed by atoms with Crippen LogP contribution in [0.15, 0.2) is 28.3 Å². The Morgan fingerprint density at radius 3 is 2.62 bits per heavy atom. The van der Waals surface area contributed by atoms with Crippen LogP contribution in [0.5, 0.6) is 0 Å². The van der Waals surface area contributed by atoms with Gasteiger partial charge in [0.25, 0.3) is 0 Å². The number of hydrogen-bond acceptors (Lipinski definition) is 6. The van der Waals surface area contributed by atoms with Gasteiger partial charge >= 0.3 is 0 Å². The van der Waals surface area contributed by atoms with Gasteiger partial charge in [-0.15, -0.1) is 0 Å². The average molecular weight is 507 g/mol. The number of ether oxygens (including phenoxy) is 1. The molecule has 186 valence electrons. The number of morpholine rings is 1. The lowest BCUT2D eigenvalue weighted by molar-refractivity contribution is -0.132. The zero-order valence-corrected chi connectivity index (χ0v) is 21.5. The zero-order valence-electron chi connectivity index (χ0n) is 19.8. The quantitative estimate of drug-likeness (QED) is 0.558. The molecule has 0 spiro atoms. The number of piperidine rings is 1. The molecule has 1 aliphatic carbocycles. The maximum Gasteiger partial charge on any atom is 0.243 e. The molecule has 3 fully saturated rings. The molecule has 3 heterocycles. The normalized spacial score (nSPS) is 23.1. The van der Waals surface area contributed by atoms with E-state index in [0.717, 1.165) is 36.4 Å². The SMILES string of the molecule is CC1CCCN(S(=O)(=O)c2ccc3c(c2)nc(SCC(=O)N2CCOCC2)n3C2CCCC2)C1. The number of aromatic nitrogens is 2. The molecule has 3 aliphatic rings. The number of carbonyl (C=O) groups is 1. The van der Waals surface area contributed by atoms with Crippen LogP contribution in [0.1, 0.15) is 51.5 Å². The summed E-state index contributed by atoms with van der Waals surface area (Å²) in [5, 5.41) is 0.810. The Hall–Kier alpha value is -1.62. The Bertz CT molecular complexity index is 1140. The molecule has 0 N–H and O–H groups in total. The third kappa shape index (κ3) is 4.87. The van der Waals surface area contributed by atoms with E-state index in [1.54, 1.807) is 16.4 Å². The van der Waals surface area contributed by atoms with Gasteiger partial charge in [0.05, 0.1) is 34.9 Å². The van der Waals surface area contributed by atoms with Crippen LogP contribution < -0.4 is 0 Å². The fourth-order valence-corrected chi connectivity index (χ4v) is 7.98. The van der Waals surface area contributed by atoms with Gasteiger partial charge in [0.15, 0.2) is 5.16 Å². The minimum absolute atomic E-state index is 0.0980. The first-order valence-corrected chi connectivity index (χ1v) is 14.9. The van der Waals surface area contributed by atoms with E-state index in [-0.39, 0.29) is 5.91 Å². The van der Waals surface area contributed by atoms with Gasteiger partial charge in [0, 0.05) is 32.2 Å². The molecular formula is C24H34N4O4S2. The number of nitrogens with zero attached hydrogens (tertiary/aromatic N) is 4.